The molecule has 1 aromatic heterocycles. The van der Waals surface area contributed by atoms with Crippen LogP contribution in [0.2, 0.25) is 0 Å². The summed E-state index contributed by atoms with van der Waals surface area (Å²) in [4.78, 5) is 27.0. The molecule has 1 spiro atoms. The first kappa shape index (κ1) is 17.6. The summed E-state index contributed by atoms with van der Waals surface area (Å²) in [6, 6.07) is 2.01. The molecule has 4 rings (SSSR count). The van der Waals surface area contributed by atoms with E-state index in [1.54, 1.807) is 12.3 Å². The highest BCUT2D eigenvalue weighted by atomic mass is 16.3. The molecule has 2 amide bonds. The van der Waals surface area contributed by atoms with Gasteiger partial charge in [0.2, 0.25) is 5.91 Å². The molecule has 1 atom stereocenters. The second-order valence-electron chi connectivity index (χ2n) is 9.47. The summed E-state index contributed by atoms with van der Waals surface area (Å²) in [6.07, 6.45) is 8.00. The molecule has 0 bridgehead atoms. The number of hydrogen-bond donors (Lipinski definition) is 1. The van der Waals surface area contributed by atoms with Crippen LogP contribution in [0.4, 0.5) is 0 Å². The number of carbonyl (C=O) groups excluding carboxylic acids is 2. The van der Waals surface area contributed by atoms with Crippen molar-refractivity contribution in [3.05, 3.63) is 23.7 Å². The minimum Gasteiger partial charge on any atom is -0.459 e. The molecular formula is C21H30N2O3. The van der Waals surface area contributed by atoms with Gasteiger partial charge in [-0.25, -0.2) is 0 Å². The van der Waals surface area contributed by atoms with E-state index in [0.29, 0.717) is 17.1 Å². The zero-order valence-corrected chi connectivity index (χ0v) is 16.1. The molecular weight excluding hydrogens is 328 g/mol. The number of piperidine rings is 1. The van der Waals surface area contributed by atoms with Crippen LogP contribution in [0.15, 0.2) is 16.7 Å². The van der Waals surface area contributed by atoms with Gasteiger partial charge in [-0.1, -0.05) is 13.8 Å². The number of amides is 2. The predicted molar refractivity (Wildman–Crippen MR) is 98.7 cm³/mol. The highest BCUT2D eigenvalue weighted by molar-refractivity contribution is 5.91. The number of likely N-dealkylation sites (tertiary alicyclic amines) is 1. The smallest absolute Gasteiger partial charge is 0.287 e. The van der Waals surface area contributed by atoms with Crippen molar-refractivity contribution < 1.29 is 14.0 Å². The van der Waals surface area contributed by atoms with Crippen LogP contribution in [0.1, 0.15) is 68.5 Å². The lowest BCUT2D eigenvalue weighted by molar-refractivity contribution is -0.149. The Morgan fingerprint density at radius 3 is 2.38 bits per heavy atom. The zero-order chi connectivity index (χ0) is 18.5. The average molecular weight is 358 g/mol. The molecule has 1 unspecified atom stereocenters. The lowest BCUT2D eigenvalue weighted by atomic mass is 9.59. The SMILES string of the molecule is Cc1coc(C(=O)NC2CC3(CCN(C(=O)C4CCC4(C)C)CC3)C2)c1. The predicted octanol–water partition coefficient (Wildman–Crippen LogP) is 3.53. The van der Waals surface area contributed by atoms with Gasteiger partial charge in [0, 0.05) is 25.0 Å². The summed E-state index contributed by atoms with van der Waals surface area (Å²) in [7, 11) is 0. The summed E-state index contributed by atoms with van der Waals surface area (Å²) in [5.74, 6) is 0.875. The van der Waals surface area contributed by atoms with Crippen molar-refractivity contribution in [3.63, 3.8) is 0 Å². The number of nitrogens with zero attached hydrogens (tertiary/aromatic N) is 1. The standard InChI is InChI=1S/C21H30N2O3/c1-14-10-17(26-13-14)18(24)22-15-11-21(12-15)6-8-23(9-7-21)19(25)16-4-5-20(16,2)3/h10,13,15-16H,4-9,11-12H2,1-3H3,(H,22,24). The Morgan fingerprint density at radius 1 is 1.19 bits per heavy atom. The summed E-state index contributed by atoms with van der Waals surface area (Å²) in [5, 5.41) is 3.09. The van der Waals surface area contributed by atoms with Gasteiger partial charge in [0.05, 0.1) is 6.26 Å². The van der Waals surface area contributed by atoms with E-state index in [1.807, 2.05) is 6.92 Å². The van der Waals surface area contributed by atoms with E-state index in [2.05, 4.69) is 24.1 Å². The molecule has 1 N–H and O–H groups in total. The molecule has 142 valence electrons. The topological polar surface area (TPSA) is 62.6 Å². The average Bonchev–Trinajstić information content (AvgIpc) is 2.99. The third kappa shape index (κ3) is 3.06. The van der Waals surface area contributed by atoms with Gasteiger partial charge in [-0.15, -0.1) is 0 Å². The Labute approximate surface area is 155 Å². The van der Waals surface area contributed by atoms with Crippen molar-refractivity contribution in [2.75, 3.05) is 13.1 Å². The van der Waals surface area contributed by atoms with Crippen molar-refractivity contribution in [3.8, 4) is 0 Å². The van der Waals surface area contributed by atoms with Crippen molar-refractivity contribution in [1.29, 1.82) is 0 Å². The maximum absolute atomic E-state index is 12.7. The molecule has 2 saturated carbocycles. The van der Waals surface area contributed by atoms with E-state index in [4.69, 9.17) is 4.42 Å². The van der Waals surface area contributed by atoms with Crippen molar-refractivity contribution in [1.82, 2.24) is 10.2 Å². The van der Waals surface area contributed by atoms with Crippen LogP contribution < -0.4 is 5.32 Å². The van der Waals surface area contributed by atoms with Crippen LogP contribution in [0.5, 0.6) is 0 Å². The van der Waals surface area contributed by atoms with E-state index >= 15 is 0 Å². The first-order chi connectivity index (χ1) is 12.3. The molecule has 5 nitrogen and oxygen atoms in total. The zero-order valence-electron chi connectivity index (χ0n) is 16.1. The molecule has 1 aromatic rings. The molecule has 2 aliphatic carbocycles. The fourth-order valence-electron chi connectivity index (χ4n) is 5.05. The molecule has 2 heterocycles. The summed E-state index contributed by atoms with van der Waals surface area (Å²) < 4.78 is 5.27. The van der Waals surface area contributed by atoms with Crippen LogP contribution >= 0.6 is 0 Å². The monoisotopic (exact) mass is 358 g/mol. The first-order valence-electron chi connectivity index (χ1n) is 9.93. The van der Waals surface area contributed by atoms with Gasteiger partial charge < -0.3 is 14.6 Å². The Morgan fingerprint density at radius 2 is 1.88 bits per heavy atom. The third-order valence-electron chi connectivity index (χ3n) is 7.10. The summed E-state index contributed by atoms with van der Waals surface area (Å²) >= 11 is 0. The second kappa shape index (κ2) is 6.14. The quantitative estimate of drug-likeness (QED) is 0.899. The van der Waals surface area contributed by atoms with Gasteiger partial charge in [-0.05, 0) is 67.9 Å². The highest BCUT2D eigenvalue weighted by Gasteiger charge is 2.49. The third-order valence-corrected chi connectivity index (χ3v) is 7.10. The lowest BCUT2D eigenvalue weighted by Gasteiger charge is -2.53. The van der Waals surface area contributed by atoms with Gasteiger partial charge >= 0.3 is 0 Å². The molecule has 26 heavy (non-hydrogen) atoms. The van der Waals surface area contributed by atoms with Gasteiger partial charge in [0.15, 0.2) is 5.76 Å². The molecule has 1 aliphatic heterocycles. The van der Waals surface area contributed by atoms with E-state index in [-0.39, 0.29) is 23.3 Å². The van der Waals surface area contributed by atoms with Crippen molar-refractivity contribution in [2.45, 2.75) is 65.3 Å². The number of aryl methyl sites for hydroxylation is 1. The molecule has 0 aromatic carbocycles. The minimum absolute atomic E-state index is 0.113. The largest absolute Gasteiger partial charge is 0.459 e. The molecule has 3 aliphatic rings. The Balaban J connectivity index is 1.25. The second-order valence-corrected chi connectivity index (χ2v) is 9.47. The summed E-state index contributed by atoms with van der Waals surface area (Å²) in [5.41, 5.74) is 1.47. The van der Waals surface area contributed by atoms with Crippen LogP contribution in [0.25, 0.3) is 0 Å². The Hall–Kier alpha value is -1.78. The number of furan rings is 1. The number of carbonyl (C=O) groups is 2. The van der Waals surface area contributed by atoms with Gasteiger partial charge in [0.1, 0.15) is 0 Å². The summed E-state index contributed by atoms with van der Waals surface area (Å²) in [6.45, 7) is 8.10. The van der Waals surface area contributed by atoms with Crippen LogP contribution in [0, 0.1) is 23.7 Å². The molecule has 1 saturated heterocycles. The van der Waals surface area contributed by atoms with Crippen LogP contribution in [-0.2, 0) is 4.79 Å². The van der Waals surface area contributed by atoms with E-state index in [9.17, 15) is 9.59 Å². The van der Waals surface area contributed by atoms with Crippen LogP contribution in [-0.4, -0.2) is 35.8 Å². The van der Waals surface area contributed by atoms with Crippen molar-refractivity contribution in [2.24, 2.45) is 16.7 Å². The molecule has 0 radical (unpaired) electrons. The fourth-order valence-corrected chi connectivity index (χ4v) is 5.05. The highest BCUT2D eigenvalue weighted by Crippen LogP contribution is 2.51. The Bertz CT molecular complexity index is 705. The maximum atomic E-state index is 12.7. The Kier molecular flexibility index (Phi) is 4.16. The molecule has 3 fully saturated rings. The van der Waals surface area contributed by atoms with Crippen molar-refractivity contribution >= 4 is 11.8 Å². The maximum Gasteiger partial charge on any atom is 0.287 e. The van der Waals surface area contributed by atoms with Gasteiger partial charge in [-0.2, -0.15) is 0 Å². The normalized spacial score (nSPS) is 26.9. The fraction of sp³-hybridized carbons (Fsp3) is 0.714. The number of nitrogens with one attached hydrogen (secondary N) is 1. The van der Waals surface area contributed by atoms with E-state index < -0.39 is 0 Å². The van der Waals surface area contributed by atoms with E-state index in [1.165, 1.54) is 0 Å². The van der Waals surface area contributed by atoms with Gasteiger partial charge in [0.25, 0.3) is 5.91 Å². The lowest BCUT2D eigenvalue weighted by Crippen LogP contribution is -2.57. The van der Waals surface area contributed by atoms with Crippen LogP contribution in [0.3, 0.4) is 0 Å². The molecule has 5 heteroatoms. The number of hydrogen-bond acceptors (Lipinski definition) is 3. The number of rotatable bonds is 3. The first-order valence-corrected chi connectivity index (χ1v) is 9.93. The van der Waals surface area contributed by atoms with E-state index in [0.717, 1.165) is 57.2 Å². The minimum atomic E-state index is -0.113. The van der Waals surface area contributed by atoms with Gasteiger partial charge in [-0.3, -0.25) is 9.59 Å².